The topological polar surface area (TPSA) is 12.0 Å². The molecule has 3 aromatic rings. The number of hydrogen-bond acceptors (Lipinski definition) is 3. The number of fused-ring (bicyclic) bond motifs is 1. The van der Waals surface area contributed by atoms with Gasteiger partial charge in [0.25, 0.3) is 0 Å². The number of likely N-dealkylation sites (N-methyl/N-ethyl adjacent to an activating group) is 1. The van der Waals surface area contributed by atoms with Gasteiger partial charge >= 0.3 is 0 Å². The second-order valence-electron chi connectivity index (χ2n) is 4.46. The summed E-state index contributed by atoms with van der Waals surface area (Å²) in [7, 11) is 2.04. The average Bonchev–Trinajstić information content (AvgIpc) is 3.01. The van der Waals surface area contributed by atoms with Gasteiger partial charge in [-0.05, 0) is 46.6 Å². The normalized spacial score (nSPS) is 12.9. The van der Waals surface area contributed by atoms with Crippen LogP contribution in [0.2, 0.25) is 0 Å². The Labute approximate surface area is 129 Å². The van der Waals surface area contributed by atoms with Crippen LogP contribution in [0.15, 0.2) is 46.3 Å². The Kier molecular flexibility index (Phi) is 4.03. The minimum atomic E-state index is 0.392. The number of rotatable bonds is 4. The fourth-order valence-corrected chi connectivity index (χ4v) is 4.85. The summed E-state index contributed by atoms with van der Waals surface area (Å²) in [4.78, 5) is 2.82. The maximum atomic E-state index is 3.52. The average molecular weight is 352 g/mol. The van der Waals surface area contributed by atoms with Gasteiger partial charge in [0.2, 0.25) is 0 Å². The summed E-state index contributed by atoms with van der Waals surface area (Å²) in [6.07, 6.45) is 1.04. The molecule has 0 amide bonds. The van der Waals surface area contributed by atoms with Gasteiger partial charge in [-0.25, -0.2) is 0 Å². The van der Waals surface area contributed by atoms with Gasteiger partial charge in [-0.2, -0.15) is 0 Å². The summed E-state index contributed by atoms with van der Waals surface area (Å²) < 4.78 is 2.55. The fourth-order valence-electron chi connectivity index (χ4n) is 2.18. The molecule has 0 aliphatic rings. The van der Waals surface area contributed by atoms with Crippen LogP contribution >= 0.6 is 38.6 Å². The largest absolute Gasteiger partial charge is 0.312 e. The molecule has 1 atom stereocenters. The third kappa shape index (κ3) is 2.92. The molecule has 0 fully saturated rings. The minimum Gasteiger partial charge on any atom is -0.312 e. The number of benzene rings is 1. The van der Waals surface area contributed by atoms with E-state index in [-0.39, 0.29) is 0 Å². The Morgan fingerprint density at radius 1 is 1.26 bits per heavy atom. The van der Waals surface area contributed by atoms with Crippen molar-refractivity contribution in [3.05, 3.63) is 56.0 Å². The highest BCUT2D eigenvalue weighted by atomic mass is 79.9. The molecule has 0 saturated heterocycles. The van der Waals surface area contributed by atoms with E-state index in [1.807, 2.05) is 29.7 Å². The molecule has 19 heavy (non-hydrogen) atoms. The van der Waals surface area contributed by atoms with E-state index in [9.17, 15) is 0 Å². The van der Waals surface area contributed by atoms with E-state index in [2.05, 4.69) is 63.0 Å². The Balaban J connectivity index is 1.88. The van der Waals surface area contributed by atoms with Crippen molar-refractivity contribution in [3.8, 4) is 0 Å². The van der Waals surface area contributed by atoms with Crippen LogP contribution in [0.25, 0.3) is 10.1 Å². The van der Waals surface area contributed by atoms with Crippen molar-refractivity contribution in [1.82, 2.24) is 5.32 Å². The van der Waals surface area contributed by atoms with Crippen LogP contribution in [-0.2, 0) is 6.42 Å². The quantitative estimate of drug-likeness (QED) is 0.678. The van der Waals surface area contributed by atoms with E-state index in [0.29, 0.717) is 6.04 Å². The van der Waals surface area contributed by atoms with E-state index in [0.717, 1.165) is 6.42 Å². The summed E-state index contributed by atoms with van der Waals surface area (Å²) in [5.74, 6) is 0. The van der Waals surface area contributed by atoms with Gasteiger partial charge in [-0.1, -0.05) is 18.2 Å². The lowest BCUT2D eigenvalue weighted by atomic mass is 10.1. The number of hydrogen-bond donors (Lipinski definition) is 1. The van der Waals surface area contributed by atoms with Crippen LogP contribution in [0, 0.1) is 0 Å². The highest BCUT2D eigenvalue weighted by Crippen LogP contribution is 2.32. The third-order valence-electron chi connectivity index (χ3n) is 3.16. The molecule has 0 bridgehead atoms. The lowest BCUT2D eigenvalue weighted by Gasteiger charge is -2.12. The molecule has 1 aromatic carbocycles. The van der Waals surface area contributed by atoms with E-state index in [4.69, 9.17) is 0 Å². The van der Waals surface area contributed by atoms with Crippen molar-refractivity contribution in [1.29, 1.82) is 0 Å². The first kappa shape index (κ1) is 13.3. The van der Waals surface area contributed by atoms with Crippen molar-refractivity contribution in [2.24, 2.45) is 0 Å². The highest BCUT2D eigenvalue weighted by Gasteiger charge is 2.14. The molecule has 0 radical (unpaired) electrons. The monoisotopic (exact) mass is 351 g/mol. The molecule has 2 aromatic heterocycles. The van der Waals surface area contributed by atoms with Gasteiger partial charge in [0.05, 0.1) is 0 Å². The Morgan fingerprint density at radius 3 is 2.79 bits per heavy atom. The first-order valence-corrected chi connectivity index (χ1v) is 8.64. The molecule has 1 N–H and O–H groups in total. The fraction of sp³-hybridized carbons (Fsp3) is 0.200. The number of nitrogens with one attached hydrogen (secondary N) is 1. The number of halogens is 1. The van der Waals surface area contributed by atoms with Crippen LogP contribution < -0.4 is 5.32 Å². The maximum Gasteiger partial charge on any atom is 0.0461 e. The van der Waals surface area contributed by atoms with Crippen LogP contribution in [0.1, 0.15) is 15.8 Å². The molecule has 4 heteroatoms. The molecule has 2 heterocycles. The van der Waals surface area contributed by atoms with E-state index < -0.39 is 0 Å². The van der Waals surface area contributed by atoms with Crippen LogP contribution in [0.3, 0.4) is 0 Å². The van der Waals surface area contributed by atoms with Crippen LogP contribution in [0.5, 0.6) is 0 Å². The Hall–Kier alpha value is -0.680. The molecule has 98 valence electrons. The Morgan fingerprint density at radius 2 is 2.11 bits per heavy atom. The number of thiophene rings is 2. The molecule has 0 saturated carbocycles. The lowest BCUT2D eigenvalue weighted by Crippen LogP contribution is -2.17. The molecule has 1 nitrogen and oxygen atoms in total. The molecule has 1 unspecified atom stereocenters. The second kappa shape index (κ2) is 5.75. The second-order valence-corrected chi connectivity index (χ2v) is 7.49. The molecule has 0 spiro atoms. The predicted octanol–water partition coefficient (Wildman–Crippen LogP) is 5.23. The van der Waals surface area contributed by atoms with Crippen molar-refractivity contribution in [2.45, 2.75) is 12.5 Å². The zero-order chi connectivity index (χ0) is 13.2. The summed E-state index contributed by atoms with van der Waals surface area (Å²) in [6.45, 7) is 0. The standard InChI is InChI=1S/C15H14BrNS2/c1-17-13(8-12-7-11(16)9-18-12)15-6-10-4-2-3-5-14(10)19-15/h2-7,9,13,17H,8H2,1H3. The van der Waals surface area contributed by atoms with Crippen molar-refractivity contribution < 1.29 is 0 Å². The molecule has 0 aliphatic heterocycles. The van der Waals surface area contributed by atoms with Gasteiger partial charge in [0, 0.05) is 36.8 Å². The summed E-state index contributed by atoms with van der Waals surface area (Å²) in [6, 6.07) is 13.5. The van der Waals surface area contributed by atoms with Crippen LogP contribution in [-0.4, -0.2) is 7.05 Å². The molecule has 3 rings (SSSR count). The third-order valence-corrected chi connectivity index (χ3v) is 6.11. The maximum absolute atomic E-state index is 3.52. The van der Waals surface area contributed by atoms with Crippen LogP contribution in [0.4, 0.5) is 0 Å². The summed E-state index contributed by atoms with van der Waals surface area (Å²) in [5, 5.41) is 6.93. The zero-order valence-electron chi connectivity index (χ0n) is 10.5. The summed E-state index contributed by atoms with van der Waals surface area (Å²) >= 11 is 7.22. The van der Waals surface area contributed by atoms with Gasteiger partial charge < -0.3 is 5.32 Å². The predicted molar refractivity (Wildman–Crippen MR) is 89.3 cm³/mol. The SMILES string of the molecule is CNC(Cc1cc(Br)cs1)c1cc2ccccc2s1. The minimum absolute atomic E-state index is 0.392. The van der Waals surface area contributed by atoms with Gasteiger partial charge in [0.1, 0.15) is 0 Å². The van der Waals surface area contributed by atoms with Gasteiger partial charge in [0.15, 0.2) is 0 Å². The molecular formula is C15H14BrNS2. The molecule has 0 aliphatic carbocycles. The summed E-state index contributed by atoms with van der Waals surface area (Å²) in [5.41, 5.74) is 0. The van der Waals surface area contributed by atoms with Crippen molar-refractivity contribution in [2.75, 3.05) is 7.05 Å². The molecular weight excluding hydrogens is 338 g/mol. The van der Waals surface area contributed by atoms with Gasteiger partial charge in [-0.3, -0.25) is 0 Å². The first-order valence-electron chi connectivity index (χ1n) is 6.15. The Bertz CT molecular complexity index is 653. The van der Waals surface area contributed by atoms with Crippen molar-refractivity contribution in [3.63, 3.8) is 0 Å². The smallest absolute Gasteiger partial charge is 0.0461 e. The van der Waals surface area contributed by atoms with E-state index in [1.165, 1.54) is 24.3 Å². The highest BCUT2D eigenvalue weighted by molar-refractivity contribution is 9.10. The van der Waals surface area contributed by atoms with Gasteiger partial charge in [-0.15, -0.1) is 22.7 Å². The lowest BCUT2D eigenvalue weighted by molar-refractivity contribution is 0.607. The zero-order valence-corrected chi connectivity index (χ0v) is 13.7. The first-order chi connectivity index (χ1) is 9.26. The van der Waals surface area contributed by atoms with E-state index >= 15 is 0 Å². The van der Waals surface area contributed by atoms with E-state index in [1.54, 1.807) is 0 Å². The van der Waals surface area contributed by atoms with Crippen molar-refractivity contribution >= 4 is 48.7 Å².